The number of hydrogen-bond donors (Lipinski definition) is 1. The third-order valence-corrected chi connectivity index (χ3v) is 5.65. The Kier molecular flexibility index (Phi) is 6.37. The van der Waals surface area contributed by atoms with Gasteiger partial charge in [-0.15, -0.1) is 0 Å². The number of carbonyl (C=O) groups is 1. The maximum atomic E-state index is 13.0. The number of nitrogens with one attached hydrogen (secondary N) is 1. The molecule has 0 radical (unpaired) electrons. The Labute approximate surface area is 183 Å². The fourth-order valence-electron chi connectivity index (χ4n) is 3.12. The van der Waals surface area contributed by atoms with Gasteiger partial charge in [0.1, 0.15) is 11.5 Å². The van der Waals surface area contributed by atoms with E-state index in [1.165, 1.54) is 11.8 Å². The molecular weight excluding hydrogens is 414 g/mol. The lowest BCUT2D eigenvalue weighted by Crippen LogP contribution is -2.27. The molecule has 2 aromatic carbocycles. The average molecular weight is 436 g/mol. The highest BCUT2D eigenvalue weighted by Gasteiger charge is 2.14. The highest BCUT2D eigenvalue weighted by atomic mass is 32.2. The maximum Gasteiger partial charge on any atom is 0.262 e. The molecule has 0 aliphatic rings. The maximum absolute atomic E-state index is 13.0. The number of benzene rings is 2. The van der Waals surface area contributed by atoms with Crippen LogP contribution >= 0.6 is 11.8 Å². The van der Waals surface area contributed by atoms with Gasteiger partial charge in [0.15, 0.2) is 5.16 Å². The average Bonchev–Trinajstić information content (AvgIpc) is 3.32. The van der Waals surface area contributed by atoms with Crippen molar-refractivity contribution >= 4 is 28.6 Å². The van der Waals surface area contributed by atoms with Crippen LogP contribution in [0, 0.1) is 0 Å². The predicted octanol–water partition coefficient (Wildman–Crippen LogP) is 3.45. The van der Waals surface area contributed by atoms with E-state index in [9.17, 15) is 9.59 Å². The van der Waals surface area contributed by atoms with Crippen molar-refractivity contribution in [1.29, 1.82) is 0 Å². The van der Waals surface area contributed by atoms with Crippen LogP contribution in [0.25, 0.3) is 10.9 Å². The zero-order valence-electron chi connectivity index (χ0n) is 16.9. The second-order valence-electron chi connectivity index (χ2n) is 6.80. The molecular formula is C23H21N3O4S. The Hall–Kier alpha value is -3.52. The fourth-order valence-corrected chi connectivity index (χ4v) is 3.95. The van der Waals surface area contributed by atoms with E-state index < -0.39 is 0 Å². The summed E-state index contributed by atoms with van der Waals surface area (Å²) in [5.74, 6) is 1.36. The van der Waals surface area contributed by atoms with Gasteiger partial charge in [-0.05, 0) is 42.0 Å². The highest BCUT2D eigenvalue weighted by Crippen LogP contribution is 2.19. The molecule has 8 heteroatoms. The van der Waals surface area contributed by atoms with Crippen LogP contribution in [0.4, 0.5) is 0 Å². The first kappa shape index (κ1) is 20.7. The number of nitrogens with zero attached hydrogens (tertiary/aromatic N) is 2. The number of carbonyl (C=O) groups excluding carboxylic acids is 1. The number of fused-ring (bicyclic) bond motifs is 1. The molecule has 0 aliphatic carbocycles. The van der Waals surface area contributed by atoms with E-state index in [4.69, 9.17) is 9.15 Å². The first-order chi connectivity index (χ1) is 15.1. The van der Waals surface area contributed by atoms with Gasteiger partial charge < -0.3 is 14.5 Å². The molecule has 0 aliphatic heterocycles. The van der Waals surface area contributed by atoms with Crippen molar-refractivity contribution in [2.75, 3.05) is 12.9 Å². The van der Waals surface area contributed by atoms with Gasteiger partial charge in [0.05, 0.1) is 36.6 Å². The van der Waals surface area contributed by atoms with Gasteiger partial charge in [-0.3, -0.25) is 14.2 Å². The lowest BCUT2D eigenvalue weighted by atomic mass is 10.2. The summed E-state index contributed by atoms with van der Waals surface area (Å²) in [6, 6.07) is 18.3. The van der Waals surface area contributed by atoms with Crippen LogP contribution < -0.4 is 15.6 Å². The molecule has 4 rings (SSSR count). The van der Waals surface area contributed by atoms with Crippen LogP contribution in [0.15, 0.2) is 81.3 Å². The molecule has 1 N–H and O–H groups in total. The summed E-state index contributed by atoms with van der Waals surface area (Å²) in [6.45, 7) is 0.637. The second-order valence-corrected chi connectivity index (χ2v) is 7.74. The number of aromatic nitrogens is 2. The van der Waals surface area contributed by atoms with E-state index >= 15 is 0 Å². The SMILES string of the molecule is COc1cccc(CNC(=O)CSc2nc3ccccc3c(=O)n2Cc2ccco2)c1. The van der Waals surface area contributed by atoms with Crippen LogP contribution in [-0.2, 0) is 17.9 Å². The summed E-state index contributed by atoms with van der Waals surface area (Å²) in [6.07, 6.45) is 1.56. The standard InChI is InChI=1S/C23H21N3O4S/c1-29-17-7-4-6-16(12-17)13-24-21(27)15-31-23-25-20-10-3-2-9-19(20)22(28)26(23)14-18-8-5-11-30-18/h2-12H,13-15H2,1H3,(H,24,27). The molecule has 2 aromatic heterocycles. The lowest BCUT2D eigenvalue weighted by molar-refractivity contribution is -0.118. The molecule has 2 heterocycles. The van der Waals surface area contributed by atoms with Gasteiger partial charge in [0, 0.05) is 6.54 Å². The first-order valence-corrected chi connectivity index (χ1v) is 10.7. The molecule has 0 saturated carbocycles. The molecule has 1 amide bonds. The number of amides is 1. The molecule has 0 spiro atoms. The Balaban J connectivity index is 1.50. The molecule has 0 bridgehead atoms. The van der Waals surface area contributed by atoms with Crippen LogP contribution in [0.3, 0.4) is 0 Å². The van der Waals surface area contributed by atoms with E-state index in [0.717, 1.165) is 11.3 Å². The van der Waals surface area contributed by atoms with E-state index in [1.54, 1.807) is 42.2 Å². The number of ether oxygens (including phenoxy) is 1. The van der Waals surface area contributed by atoms with Crippen molar-refractivity contribution in [1.82, 2.24) is 14.9 Å². The van der Waals surface area contributed by atoms with Crippen LogP contribution in [0.2, 0.25) is 0 Å². The number of para-hydroxylation sites is 1. The molecule has 158 valence electrons. The molecule has 4 aromatic rings. The van der Waals surface area contributed by atoms with Gasteiger partial charge in [-0.25, -0.2) is 4.98 Å². The van der Waals surface area contributed by atoms with Gasteiger partial charge in [0.2, 0.25) is 5.91 Å². The smallest absolute Gasteiger partial charge is 0.262 e. The van der Waals surface area contributed by atoms with Crippen molar-refractivity contribution in [2.24, 2.45) is 0 Å². The zero-order chi connectivity index (χ0) is 21.6. The summed E-state index contributed by atoms with van der Waals surface area (Å²) in [5, 5.41) is 3.89. The topological polar surface area (TPSA) is 86.4 Å². The normalized spacial score (nSPS) is 10.9. The molecule has 0 saturated heterocycles. The predicted molar refractivity (Wildman–Crippen MR) is 119 cm³/mol. The largest absolute Gasteiger partial charge is 0.497 e. The van der Waals surface area contributed by atoms with Crippen molar-refractivity contribution in [2.45, 2.75) is 18.2 Å². The summed E-state index contributed by atoms with van der Waals surface area (Å²) in [5.41, 5.74) is 1.38. The summed E-state index contributed by atoms with van der Waals surface area (Å²) in [7, 11) is 1.60. The number of furan rings is 1. The molecule has 0 unspecified atom stereocenters. The minimum absolute atomic E-state index is 0.132. The van der Waals surface area contributed by atoms with Gasteiger partial charge in [0.25, 0.3) is 5.56 Å². The molecule has 7 nitrogen and oxygen atoms in total. The summed E-state index contributed by atoms with van der Waals surface area (Å²) >= 11 is 1.22. The molecule has 0 atom stereocenters. The van der Waals surface area contributed by atoms with Crippen LogP contribution in [0.1, 0.15) is 11.3 Å². The van der Waals surface area contributed by atoms with E-state index in [1.807, 2.05) is 36.4 Å². The van der Waals surface area contributed by atoms with Crippen LogP contribution in [-0.4, -0.2) is 28.3 Å². The second kappa shape index (κ2) is 9.53. The van der Waals surface area contributed by atoms with E-state index in [-0.39, 0.29) is 23.8 Å². The Bertz CT molecular complexity index is 1250. The van der Waals surface area contributed by atoms with Crippen molar-refractivity contribution in [3.05, 3.63) is 88.6 Å². The summed E-state index contributed by atoms with van der Waals surface area (Å²) < 4.78 is 12.2. The minimum Gasteiger partial charge on any atom is -0.497 e. The lowest BCUT2D eigenvalue weighted by Gasteiger charge is -2.12. The number of thioether (sulfide) groups is 1. The quantitative estimate of drug-likeness (QED) is 0.337. The molecule has 0 fully saturated rings. The van der Waals surface area contributed by atoms with E-state index in [0.29, 0.717) is 28.4 Å². The number of methoxy groups -OCH3 is 1. The highest BCUT2D eigenvalue weighted by molar-refractivity contribution is 7.99. The van der Waals surface area contributed by atoms with Crippen molar-refractivity contribution in [3.63, 3.8) is 0 Å². The monoisotopic (exact) mass is 435 g/mol. The van der Waals surface area contributed by atoms with Crippen LogP contribution in [0.5, 0.6) is 5.75 Å². The minimum atomic E-state index is -0.165. The fraction of sp³-hybridized carbons (Fsp3) is 0.174. The summed E-state index contributed by atoms with van der Waals surface area (Å²) in [4.78, 5) is 30.1. The van der Waals surface area contributed by atoms with Gasteiger partial charge >= 0.3 is 0 Å². The Morgan fingerprint density at radius 3 is 2.84 bits per heavy atom. The Morgan fingerprint density at radius 2 is 2.03 bits per heavy atom. The van der Waals surface area contributed by atoms with Gasteiger partial charge in [-0.1, -0.05) is 36.0 Å². The van der Waals surface area contributed by atoms with E-state index in [2.05, 4.69) is 10.3 Å². The zero-order valence-corrected chi connectivity index (χ0v) is 17.7. The first-order valence-electron chi connectivity index (χ1n) is 9.68. The van der Waals surface area contributed by atoms with Crippen molar-refractivity contribution < 1.29 is 13.9 Å². The number of rotatable bonds is 8. The number of hydrogen-bond acceptors (Lipinski definition) is 6. The Morgan fingerprint density at radius 1 is 1.16 bits per heavy atom. The van der Waals surface area contributed by atoms with Crippen molar-refractivity contribution in [3.8, 4) is 5.75 Å². The third-order valence-electron chi connectivity index (χ3n) is 4.68. The molecule has 31 heavy (non-hydrogen) atoms. The van der Waals surface area contributed by atoms with Gasteiger partial charge in [-0.2, -0.15) is 0 Å². The third kappa shape index (κ3) is 4.97.